The average molecular weight is 753 g/mol. The molecule has 2 N–H and O–H groups in total. The number of benzene rings is 2. The molecule has 54 heavy (non-hydrogen) atoms. The molecule has 1 unspecified atom stereocenters. The molecule has 4 amide bonds. The van der Waals surface area contributed by atoms with Crippen LogP contribution >= 0.6 is 11.6 Å². The number of pyridine rings is 1. The fourth-order valence-electron chi connectivity index (χ4n) is 7.95. The van der Waals surface area contributed by atoms with Gasteiger partial charge in [-0.3, -0.25) is 34.2 Å². The molecule has 0 bridgehead atoms. The van der Waals surface area contributed by atoms with Gasteiger partial charge in [0.25, 0.3) is 17.4 Å². The van der Waals surface area contributed by atoms with Crippen LogP contribution in [-0.2, 0) is 20.9 Å². The van der Waals surface area contributed by atoms with Crippen LogP contribution in [0.25, 0.3) is 10.9 Å². The number of hydrogen-bond acceptors (Lipinski definition) is 11. The molecular formula is C39H41ClN8O6. The van der Waals surface area contributed by atoms with Gasteiger partial charge in [-0.2, -0.15) is 4.98 Å². The van der Waals surface area contributed by atoms with Gasteiger partial charge in [-0.15, -0.1) is 0 Å². The molecule has 15 heteroatoms. The Morgan fingerprint density at radius 3 is 2.39 bits per heavy atom. The van der Waals surface area contributed by atoms with Gasteiger partial charge in [0.2, 0.25) is 17.8 Å². The van der Waals surface area contributed by atoms with Crippen LogP contribution in [-0.4, -0.2) is 88.0 Å². The van der Waals surface area contributed by atoms with Crippen LogP contribution in [0.4, 0.5) is 23.1 Å². The van der Waals surface area contributed by atoms with E-state index in [1.807, 2.05) is 37.3 Å². The molecule has 4 aromatic rings. The summed E-state index contributed by atoms with van der Waals surface area (Å²) in [5.41, 5.74) is 3.09. The lowest BCUT2D eigenvalue weighted by Crippen LogP contribution is -2.54. The van der Waals surface area contributed by atoms with E-state index in [0.717, 1.165) is 79.0 Å². The SMILES string of the molecule is CCn1c(=O)ccc2cc(Nc3nc(N4CCC(COC5CCN(c6ccc7c(c6)C(=O)N(C6CCC(=O)NC6=O)C7=O)CC5)CC4)ncc3Cl)ccc21. The second-order valence-electron chi connectivity index (χ2n) is 14.3. The number of nitrogens with zero attached hydrogens (tertiary/aromatic N) is 6. The highest BCUT2D eigenvalue weighted by atomic mass is 35.5. The molecule has 3 saturated heterocycles. The molecule has 4 aliphatic heterocycles. The van der Waals surface area contributed by atoms with Crippen molar-refractivity contribution in [3.63, 3.8) is 0 Å². The largest absolute Gasteiger partial charge is 0.378 e. The minimum absolute atomic E-state index is 0.0252. The second-order valence-corrected chi connectivity index (χ2v) is 14.7. The molecule has 14 nitrogen and oxygen atoms in total. The normalized spacial score (nSPS) is 19.8. The number of fused-ring (bicyclic) bond motifs is 2. The monoisotopic (exact) mass is 752 g/mol. The Bertz CT molecular complexity index is 2210. The number of carbonyl (C=O) groups is 4. The second kappa shape index (κ2) is 14.8. The van der Waals surface area contributed by atoms with Crippen molar-refractivity contribution in [1.82, 2.24) is 24.8 Å². The van der Waals surface area contributed by atoms with E-state index < -0.39 is 29.7 Å². The van der Waals surface area contributed by atoms with E-state index in [-0.39, 0.29) is 30.1 Å². The van der Waals surface area contributed by atoms with Gasteiger partial charge in [-0.05, 0) is 87.4 Å². The molecule has 4 aliphatic rings. The van der Waals surface area contributed by atoms with Gasteiger partial charge < -0.3 is 24.4 Å². The van der Waals surface area contributed by atoms with Gasteiger partial charge in [0.05, 0.1) is 28.9 Å². The number of aryl methyl sites for hydroxylation is 1. The lowest BCUT2D eigenvalue weighted by molar-refractivity contribution is -0.136. The molecule has 0 saturated carbocycles. The predicted octanol–water partition coefficient (Wildman–Crippen LogP) is 4.51. The zero-order valence-electron chi connectivity index (χ0n) is 29.9. The highest BCUT2D eigenvalue weighted by Gasteiger charge is 2.45. The fourth-order valence-corrected chi connectivity index (χ4v) is 8.09. The Kier molecular flexibility index (Phi) is 9.80. The fraction of sp³-hybridized carbons (Fsp3) is 0.410. The third-order valence-electron chi connectivity index (χ3n) is 11.0. The van der Waals surface area contributed by atoms with Crippen molar-refractivity contribution in [2.45, 2.75) is 64.1 Å². The summed E-state index contributed by atoms with van der Waals surface area (Å²) in [6, 6.07) is 13.5. The maximum Gasteiger partial charge on any atom is 0.262 e. The van der Waals surface area contributed by atoms with Crippen molar-refractivity contribution in [2.24, 2.45) is 5.92 Å². The van der Waals surface area contributed by atoms with E-state index in [0.29, 0.717) is 41.4 Å². The summed E-state index contributed by atoms with van der Waals surface area (Å²) in [5, 5.41) is 6.93. The van der Waals surface area contributed by atoms with E-state index in [2.05, 4.69) is 25.4 Å². The van der Waals surface area contributed by atoms with Crippen LogP contribution in [0, 0.1) is 5.92 Å². The van der Waals surface area contributed by atoms with Gasteiger partial charge in [-0.25, -0.2) is 4.98 Å². The summed E-state index contributed by atoms with van der Waals surface area (Å²) < 4.78 is 8.15. The first-order valence-corrected chi connectivity index (χ1v) is 18.9. The van der Waals surface area contributed by atoms with E-state index in [1.54, 1.807) is 29.0 Å². The number of nitrogens with one attached hydrogen (secondary N) is 2. The van der Waals surface area contributed by atoms with Gasteiger partial charge >= 0.3 is 0 Å². The Hall–Kier alpha value is -5.34. The lowest BCUT2D eigenvalue weighted by atomic mass is 9.97. The van der Waals surface area contributed by atoms with E-state index in [4.69, 9.17) is 21.3 Å². The third-order valence-corrected chi connectivity index (χ3v) is 11.3. The van der Waals surface area contributed by atoms with E-state index in [9.17, 15) is 24.0 Å². The first-order valence-electron chi connectivity index (χ1n) is 18.6. The van der Waals surface area contributed by atoms with Crippen molar-refractivity contribution in [3.8, 4) is 0 Å². The number of piperidine rings is 3. The summed E-state index contributed by atoms with van der Waals surface area (Å²) in [6.45, 7) is 6.35. The summed E-state index contributed by atoms with van der Waals surface area (Å²) in [4.78, 5) is 77.3. The zero-order valence-corrected chi connectivity index (χ0v) is 30.7. The molecule has 2 aromatic carbocycles. The Labute approximate surface area is 316 Å². The number of amides is 4. The van der Waals surface area contributed by atoms with Crippen molar-refractivity contribution in [1.29, 1.82) is 0 Å². The van der Waals surface area contributed by atoms with Crippen molar-refractivity contribution in [2.75, 3.05) is 47.9 Å². The number of hydrogen-bond donors (Lipinski definition) is 2. The number of carbonyl (C=O) groups excluding carboxylic acids is 4. The number of halogens is 1. The first-order chi connectivity index (χ1) is 26.2. The van der Waals surface area contributed by atoms with Crippen LogP contribution < -0.4 is 26.0 Å². The molecule has 1 atom stereocenters. The van der Waals surface area contributed by atoms with Crippen LogP contribution in [0.5, 0.6) is 0 Å². The quantitative estimate of drug-likeness (QED) is 0.232. The van der Waals surface area contributed by atoms with Gasteiger partial charge in [0.15, 0.2) is 5.82 Å². The maximum absolute atomic E-state index is 13.3. The molecular weight excluding hydrogens is 712 g/mol. The molecule has 6 heterocycles. The highest BCUT2D eigenvalue weighted by Crippen LogP contribution is 2.33. The molecule has 2 aromatic heterocycles. The minimum Gasteiger partial charge on any atom is -0.378 e. The van der Waals surface area contributed by atoms with Crippen LogP contribution in [0.3, 0.4) is 0 Å². The number of ether oxygens (including phenoxy) is 1. The molecule has 280 valence electrons. The van der Waals surface area contributed by atoms with Crippen molar-refractivity contribution >= 4 is 69.3 Å². The lowest BCUT2D eigenvalue weighted by Gasteiger charge is -2.36. The number of anilines is 4. The Morgan fingerprint density at radius 1 is 0.870 bits per heavy atom. The average Bonchev–Trinajstić information content (AvgIpc) is 3.43. The number of imide groups is 2. The van der Waals surface area contributed by atoms with Crippen LogP contribution in [0.2, 0.25) is 5.02 Å². The summed E-state index contributed by atoms with van der Waals surface area (Å²) >= 11 is 6.51. The van der Waals surface area contributed by atoms with Gasteiger partial charge in [0.1, 0.15) is 11.1 Å². The standard InChI is InChI=1S/C39H41ClN8O6/c1-2-47-31-7-4-25(19-24(31)3-10-34(47)50)42-35-30(40)21-41-39(44-35)46-15-11-23(12-16-46)22-54-27-13-17-45(18-14-27)26-5-6-28-29(20-26)38(53)48(37(28)52)32-8-9-33(49)43-36(32)51/h3-7,10,19-21,23,27,32H,2,8-9,11-18,22H2,1H3,(H,41,42,44)(H,43,49,51). The van der Waals surface area contributed by atoms with Crippen molar-refractivity contribution in [3.05, 3.63) is 81.2 Å². The van der Waals surface area contributed by atoms with E-state index >= 15 is 0 Å². The summed E-state index contributed by atoms with van der Waals surface area (Å²) in [7, 11) is 0. The third kappa shape index (κ3) is 6.91. The van der Waals surface area contributed by atoms with E-state index in [1.165, 1.54) is 0 Å². The first kappa shape index (κ1) is 35.7. The molecule has 0 aliphatic carbocycles. The number of aromatic nitrogens is 3. The molecule has 0 radical (unpaired) electrons. The topological polar surface area (TPSA) is 159 Å². The predicted molar refractivity (Wildman–Crippen MR) is 203 cm³/mol. The molecule has 0 spiro atoms. The molecule has 3 fully saturated rings. The minimum atomic E-state index is -0.980. The smallest absolute Gasteiger partial charge is 0.262 e. The Balaban J connectivity index is 0.813. The van der Waals surface area contributed by atoms with Crippen LogP contribution in [0.1, 0.15) is 66.2 Å². The highest BCUT2D eigenvalue weighted by molar-refractivity contribution is 6.33. The Morgan fingerprint density at radius 2 is 1.63 bits per heavy atom. The number of rotatable bonds is 9. The van der Waals surface area contributed by atoms with Gasteiger partial charge in [-0.1, -0.05) is 11.6 Å². The van der Waals surface area contributed by atoms with Crippen molar-refractivity contribution < 1.29 is 23.9 Å². The van der Waals surface area contributed by atoms with Crippen LogP contribution in [0.15, 0.2) is 59.5 Å². The maximum atomic E-state index is 13.3. The zero-order chi connectivity index (χ0) is 37.5. The molecule has 8 rings (SSSR count). The summed E-state index contributed by atoms with van der Waals surface area (Å²) in [6.07, 6.45) is 5.57. The summed E-state index contributed by atoms with van der Waals surface area (Å²) in [5.74, 6) is -0.438. The van der Waals surface area contributed by atoms with Gasteiger partial charge in [0, 0.05) is 68.6 Å².